The van der Waals surface area contributed by atoms with Crippen molar-refractivity contribution in [2.45, 2.75) is 72.6 Å². The summed E-state index contributed by atoms with van der Waals surface area (Å²) in [7, 11) is 0. The van der Waals surface area contributed by atoms with Gasteiger partial charge in [0.2, 0.25) is 0 Å². The topological polar surface area (TPSA) is 0 Å². The second-order valence-electron chi connectivity index (χ2n) is 8.22. The molecule has 0 aromatic heterocycles. The zero-order chi connectivity index (χ0) is 15.0. The molecule has 0 unspecified atom stereocenters. The van der Waals surface area contributed by atoms with Crippen LogP contribution in [-0.4, -0.2) is 0 Å². The molecule has 0 bridgehead atoms. The van der Waals surface area contributed by atoms with E-state index in [1.807, 2.05) is 0 Å². The maximum absolute atomic E-state index is 6.58. The lowest BCUT2D eigenvalue weighted by molar-refractivity contribution is 0.0969. The molecule has 1 saturated carbocycles. The molecule has 2 rings (SSSR count). The van der Waals surface area contributed by atoms with Crippen LogP contribution in [0, 0.1) is 10.8 Å². The molecule has 1 heteroatoms. The predicted octanol–water partition coefficient (Wildman–Crippen LogP) is 6.61. The third-order valence-electron chi connectivity index (χ3n) is 4.60. The van der Waals surface area contributed by atoms with Crippen molar-refractivity contribution in [2.75, 3.05) is 0 Å². The minimum absolute atomic E-state index is 0.415. The van der Waals surface area contributed by atoms with Crippen molar-refractivity contribution >= 4 is 11.6 Å². The van der Waals surface area contributed by atoms with Crippen molar-refractivity contribution in [2.24, 2.45) is 10.8 Å². The van der Waals surface area contributed by atoms with Gasteiger partial charge in [-0.25, -0.2) is 0 Å². The van der Waals surface area contributed by atoms with Gasteiger partial charge in [0.15, 0.2) is 0 Å². The molecular formula is C19H29Cl. The first kappa shape index (κ1) is 15.9. The molecule has 0 radical (unpaired) electrons. The van der Waals surface area contributed by atoms with Crippen LogP contribution in [0.3, 0.4) is 0 Å². The highest BCUT2D eigenvalue weighted by molar-refractivity contribution is 6.31. The van der Waals surface area contributed by atoms with Crippen molar-refractivity contribution < 1.29 is 0 Å². The van der Waals surface area contributed by atoms with Crippen molar-refractivity contribution in [3.63, 3.8) is 0 Å². The van der Waals surface area contributed by atoms with E-state index in [1.54, 1.807) is 0 Å². The highest BCUT2D eigenvalue weighted by atomic mass is 35.5. The van der Waals surface area contributed by atoms with Crippen LogP contribution < -0.4 is 0 Å². The Morgan fingerprint density at radius 3 is 2.20 bits per heavy atom. The fourth-order valence-electron chi connectivity index (χ4n) is 4.41. The quantitative estimate of drug-likeness (QED) is 0.588. The standard InChI is InChI=1S/C19H29Cl/c1-6-7-14-8-9-16(17(20)10-14)15-11-18(2,3)13-19(4,5)12-15/h8-10,15H,6-7,11-13H2,1-5H3. The van der Waals surface area contributed by atoms with Gasteiger partial charge in [-0.1, -0.05) is 64.8 Å². The minimum atomic E-state index is 0.415. The Hall–Kier alpha value is -0.490. The average Bonchev–Trinajstić information content (AvgIpc) is 2.25. The SMILES string of the molecule is CCCc1ccc(C2CC(C)(C)CC(C)(C)C2)c(Cl)c1. The van der Waals surface area contributed by atoms with Gasteiger partial charge in [0, 0.05) is 5.02 Å². The van der Waals surface area contributed by atoms with Gasteiger partial charge in [-0.2, -0.15) is 0 Å². The summed E-state index contributed by atoms with van der Waals surface area (Å²) in [5.74, 6) is 0.608. The van der Waals surface area contributed by atoms with Crippen molar-refractivity contribution in [3.05, 3.63) is 34.3 Å². The number of hydrogen-bond donors (Lipinski definition) is 0. The summed E-state index contributed by atoms with van der Waals surface area (Å²) >= 11 is 6.58. The molecule has 1 fully saturated rings. The molecule has 20 heavy (non-hydrogen) atoms. The van der Waals surface area contributed by atoms with Gasteiger partial charge in [-0.05, 0) is 59.6 Å². The molecule has 1 aliphatic rings. The third kappa shape index (κ3) is 3.79. The third-order valence-corrected chi connectivity index (χ3v) is 4.93. The van der Waals surface area contributed by atoms with Crippen LogP contribution in [0.4, 0.5) is 0 Å². The second kappa shape index (κ2) is 5.72. The lowest BCUT2D eigenvalue weighted by Crippen LogP contribution is -2.33. The van der Waals surface area contributed by atoms with Crippen molar-refractivity contribution in [3.8, 4) is 0 Å². The Morgan fingerprint density at radius 1 is 1.10 bits per heavy atom. The van der Waals surface area contributed by atoms with E-state index >= 15 is 0 Å². The molecule has 1 aromatic rings. The van der Waals surface area contributed by atoms with Crippen molar-refractivity contribution in [1.29, 1.82) is 0 Å². The molecule has 0 spiro atoms. The molecule has 0 saturated heterocycles. The fourth-order valence-corrected chi connectivity index (χ4v) is 4.77. The molecule has 0 heterocycles. The molecule has 0 amide bonds. The van der Waals surface area contributed by atoms with Gasteiger partial charge >= 0.3 is 0 Å². The Balaban J connectivity index is 2.26. The van der Waals surface area contributed by atoms with Gasteiger partial charge in [0.25, 0.3) is 0 Å². The zero-order valence-corrected chi connectivity index (χ0v) is 14.5. The lowest BCUT2D eigenvalue weighted by Gasteiger charge is -2.45. The number of hydrogen-bond acceptors (Lipinski definition) is 0. The van der Waals surface area contributed by atoms with E-state index in [4.69, 9.17) is 11.6 Å². The summed E-state index contributed by atoms with van der Waals surface area (Å²) in [6.07, 6.45) is 6.12. The van der Waals surface area contributed by atoms with Crippen molar-refractivity contribution in [1.82, 2.24) is 0 Å². The fraction of sp³-hybridized carbons (Fsp3) is 0.684. The summed E-state index contributed by atoms with van der Waals surface area (Å²) in [4.78, 5) is 0. The Morgan fingerprint density at radius 2 is 1.70 bits per heavy atom. The van der Waals surface area contributed by atoms with Gasteiger partial charge in [-0.3, -0.25) is 0 Å². The summed E-state index contributed by atoms with van der Waals surface area (Å²) < 4.78 is 0. The highest BCUT2D eigenvalue weighted by Gasteiger charge is 2.39. The first-order valence-electron chi connectivity index (χ1n) is 8.01. The van der Waals surface area contributed by atoms with Crippen LogP contribution in [0.15, 0.2) is 18.2 Å². The summed E-state index contributed by atoms with van der Waals surface area (Å²) in [6, 6.07) is 6.75. The molecule has 0 nitrogen and oxygen atoms in total. The van der Waals surface area contributed by atoms with E-state index in [-0.39, 0.29) is 0 Å². The van der Waals surface area contributed by atoms with Crippen LogP contribution in [0.1, 0.15) is 77.3 Å². The number of rotatable bonds is 3. The van der Waals surface area contributed by atoms with Crippen LogP contribution >= 0.6 is 11.6 Å². The summed E-state index contributed by atoms with van der Waals surface area (Å²) in [5, 5.41) is 0.981. The molecule has 0 N–H and O–H groups in total. The number of benzene rings is 1. The monoisotopic (exact) mass is 292 g/mol. The zero-order valence-electron chi connectivity index (χ0n) is 13.7. The maximum atomic E-state index is 6.58. The lowest BCUT2D eigenvalue weighted by atomic mass is 9.60. The number of halogens is 1. The van der Waals surface area contributed by atoms with Crippen LogP contribution in [0.5, 0.6) is 0 Å². The molecule has 1 aliphatic carbocycles. The number of aryl methyl sites for hydroxylation is 1. The second-order valence-corrected chi connectivity index (χ2v) is 8.62. The Bertz CT molecular complexity index is 455. The van der Waals surface area contributed by atoms with E-state index in [1.165, 1.54) is 36.8 Å². The van der Waals surface area contributed by atoms with Gasteiger partial charge in [0.1, 0.15) is 0 Å². The van der Waals surface area contributed by atoms with Crippen LogP contribution in [0.25, 0.3) is 0 Å². The van der Waals surface area contributed by atoms with E-state index in [0.29, 0.717) is 16.7 Å². The molecule has 0 aliphatic heterocycles. The average molecular weight is 293 g/mol. The van der Waals surface area contributed by atoms with Gasteiger partial charge in [0.05, 0.1) is 0 Å². The van der Waals surface area contributed by atoms with E-state index in [2.05, 4.69) is 52.8 Å². The van der Waals surface area contributed by atoms with E-state index in [0.717, 1.165) is 11.4 Å². The summed E-state index contributed by atoms with van der Waals surface area (Å²) in [6.45, 7) is 11.8. The minimum Gasteiger partial charge on any atom is -0.0840 e. The Kier molecular flexibility index (Phi) is 4.54. The normalized spacial score (nSPS) is 21.9. The largest absolute Gasteiger partial charge is 0.0840 e. The molecule has 1 aromatic carbocycles. The molecule has 0 atom stereocenters. The van der Waals surface area contributed by atoms with E-state index < -0.39 is 0 Å². The van der Waals surface area contributed by atoms with Gasteiger partial charge < -0.3 is 0 Å². The maximum Gasteiger partial charge on any atom is 0.0443 e. The van der Waals surface area contributed by atoms with Gasteiger partial charge in [-0.15, -0.1) is 0 Å². The first-order chi connectivity index (χ1) is 9.22. The van der Waals surface area contributed by atoms with Crippen LogP contribution in [-0.2, 0) is 6.42 Å². The van der Waals surface area contributed by atoms with E-state index in [9.17, 15) is 0 Å². The Labute approximate surface area is 129 Å². The van der Waals surface area contributed by atoms with Crippen LogP contribution in [0.2, 0.25) is 5.02 Å². The molecule has 112 valence electrons. The summed E-state index contributed by atoms with van der Waals surface area (Å²) in [5.41, 5.74) is 3.57. The first-order valence-corrected chi connectivity index (χ1v) is 8.39. The highest BCUT2D eigenvalue weighted by Crippen LogP contribution is 2.52. The smallest absolute Gasteiger partial charge is 0.0443 e. The molecular weight excluding hydrogens is 264 g/mol. The predicted molar refractivity (Wildman–Crippen MR) is 89.6 cm³/mol.